The van der Waals surface area contributed by atoms with Crippen molar-refractivity contribution < 1.29 is 4.74 Å². The molecule has 86 valence electrons. The standard InChI is InChI=1S/C15H20O/c1-2-3-4-5-6-10-13-16-14-15-11-8-7-9-12-15/h4-12H,2-3,13-14H2,1H3/b5-4+,10-6+. The van der Waals surface area contributed by atoms with E-state index in [1.807, 2.05) is 30.4 Å². The van der Waals surface area contributed by atoms with Crippen LogP contribution in [0.1, 0.15) is 25.3 Å². The highest BCUT2D eigenvalue weighted by molar-refractivity contribution is 5.13. The highest BCUT2D eigenvalue weighted by atomic mass is 16.5. The zero-order chi connectivity index (χ0) is 11.5. The van der Waals surface area contributed by atoms with Gasteiger partial charge in [-0.25, -0.2) is 0 Å². The maximum absolute atomic E-state index is 5.51. The molecule has 0 radical (unpaired) electrons. The van der Waals surface area contributed by atoms with E-state index in [0.717, 1.165) is 6.42 Å². The lowest BCUT2D eigenvalue weighted by molar-refractivity contribution is 0.148. The first-order valence-corrected chi connectivity index (χ1v) is 5.87. The summed E-state index contributed by atoms with van der Waals surface area (Å²) in [7, 11) is 0. The van der Waals surface area contributed by atoms with E-state index in [2.05, 4.69) is 31.2 Å². The monoisotopic (exact) mass is 216 g/mol. The second kappa shape index (κ2) is 8.93. The summed E-state index contributed by atoms with van der Waals surface area (Å²) in [6.07, 6.45) is 10.7. The number of hydrogen-bond donors (Lipinski definition) is 0. The van der Waals surface area contributed by atoms with E-state index in [9.17, 15) is 0 Å². The Balaban J connectivity index is 2.08. The van der Waals surface area contributed by atoms with Gasteiger partial charge >= 0.3 is 0 Å². The number of hydrogen-bond acceptors (Lipinski definition) is 1. The highest BCUT2D eigenvalue weighted by Crippen LogP contribution is 2.00. The average Bonchev–Trinajstić information content (AvgIpc) is 2.34. The van der Waals surface area contributed by atoms with Crippen LogP contribution >= 0.6 is 0 Å². The molecule has 0 saturated heterocycles. The van der Waals surface area contributed by atoms with E-state index in [4.69, 9.17) is 4.74 Å². The van der Waals surface area contributed by atoms with Crippen molar-refractivity contribution in [1.29, 1.82) is 0 Å². The molecule has 0 N–H and O–H groups in total. The highest BCUT2D eigenvalue weighted by Gasteiger charge is 1.88. The Labute approximate surface area is 98.5 Å². The predicted octanol–water partition coefficient (Wildman–Crippen LogP) is 4.12. The Morgan fingerprint density at radius 3 is 2.56 bits per heavy atom. The van der Waals surface area contributed by atoms with Crippen LogP contribution in [-0.2, 0) is 11.3 Å². The molecule has 16 heavy (non-hydrogen) atoms. The molecule has 0 aliphatic rings. The number of ether oxygens (including phenoxy) is 1. The van der Waals surface area contributed by atoms with E-state index >= 15 is 0 Å². The minimum Gasteiger partial charge on any atom is -0.373 e. The van der Waals surface area contributed by atoms with Crippen molar-refractivity contribution in [3.05, 3.63) is 60.2 Å². The van der Waals surface area contributed by atoms with Gasteiger partial charge in [-0.05, 0) is 12.0 Å². The summed E-state index contributed by atoms with van der Waals surface area (Å²) >= 11 is 0. The molecule has 0 atom stereocenters. The van der Waals surface area contributed by atoms with Gasteiger partial charge in [0.2, 0.25) is 0 Å². The van der Waals surface area contributed by atoms with E-state index in [1.165, 1.54) is 12.0 Å². The molecule has 0 aliphatic carbocycles. The Kier molecular flexibility index (Phi) is 7.10. The summed E-state index contributed by atoms with van der Waals surface area (Å²) in [6.45, 7) is 3.53. The fourth-order valence-electron chi connectivity index (χ4n) is 1.29. The summed E-state index contributed by atoms with van der Waals surface area (Å²) in [4.78, 5) is 0. The lowest BCUT2D eigenvalue weighted by atomic mass is 10.2. The summed E-state index contributed by atoms with van der Waals surface area (Å²) in [5, 5.41) is 0. The van der Waals surface area contributed by atoms with Gasteiger partial charge in [0.25, 0.3) is 0 Å². The zero-order valence-electron chi connectivity index (χ0n) is 9.93. The lowest BCUT2D eigenvalue weighted by Crippen LogP contribution is -1.91. The first-order chi connectivity index (χ1) is 7.93. The number of unbranched alkanes of at least 4 members (excludes halogenated alkanes) is 1. The Morgan fingerprint density at radius 1 is 1.06 bits per heavy atom. The summed E-state index contributed by atoms with van der Waals surface area (Å²) < 4.78 is 5.51. The molecule has 0 unspecified atom stereocenters. The van der Waals surface area contributed by atoms with E-state index < -0.39 is 0 Å². The molecule has 1 aromatic rings. The van der Waals surface area contributed by atoms with Crippen LogP contribution in [0, 0.1) is 0 Å². The van der Waals surface area contributed by atoms with Gasteiger partial charge in [0.05, 0.1) is 13.2 Å². The van der Waals surface area contributed by atoms with E-state index in [-0.39, 0.29) is 0 Å². The average molecular weight is 216 g/mol. The van der Waals surface area contributed by atoms with Crippen LogP contribution in [0.2, 0.25) is 0 Å². The molecule has 1 nitrogen and oxygen atoms in total. The summed E-state index contributed by atoms with van der Waals surface area (Å²) in [5.74, 6) is 0. The third kappa shape index (κ3) is 6.20. The third-order valence-electron chi connectivity index (χ3n) is 2.16. The smallest absolute Gasteiger partial charge is 0.0721 e. The van der Waals surface area contributed by atoms with Gasteiger partial charge in [-0.3, -0.25) is 0 Å². The minimum atomic E-state index is 0.672. The van der Waals surface area contributed by atoms with Crippen LogP contribution in [0.5, 0.6) is 0 Å². The van der Waals surface area contributed by atoms with Gasteiger partial charge in [0, 0.05) is 0 Å². The van der Waals surface area contributed by atoms with Gasteiger partial charge in [-0.15, -0.1) is 0 Å². The molecule has 0 aliphatic heterocycles. The van der Waals surface area contributed by atoms with Crippen molar-refractivity contribution in [2.24, 2.45) is 0 Å². The van der Waals surface area contributed by atoms with Gasteiger partial charge in [-0.1, -0.05) is 68.0 Å². The van der Waals surface area contributed by atoms with Crippen molar-refractivity contribution in [2.45, 2.75) is 26.4 Å². The van der Waals surface area contributed by atoms with Crippen LogP contribution < -0.4 is 0 Å². The van der Waals surface area contributed by atoms with Gasteiger partial charge in [0.1, 0.15) is 0 Å². The van der Waals surface area contributed by atoms with E-state index in [0.29, 0.717) is 13.2 Å². The lowest BCUT2D eigenvalue weighted by Gasteiger charge is -2.00. The third-order valence-corrected chi connectivity index (χ3v) is 2.16. The van der Waals surface area contributed by atoms with Crippen molar-refractivity contribution in [1.82, 2.24) is 0 Å². The summed E-state index contributed by atoms with van der Waals surface area (Å²) in [6, 6.07) is 10.2. The molecule has 0 spiro atoms. The van der Waals surface area contributed by atoms with Gasteiger partial charge in [-0.2, -0.15) is 0 Å². The van der Waals surface area contributed by atoms with Crippen LogP contribution in [-0.4, -0.2) is 6.61 Å². The maximum Gasteiger partial charge on any atom is 0.0721 e. The van der Waals surface area contributed by atoms with Crippen molar-refractivity contribution >= 4 is 0 Å². The molecule has 0 heterocycles. The van der Waals surface area contributed by atoms with Crippen molar-refractivity contribution in [3.8, 4) is 0 Å². The van der Waals surface area contributed by atoms with Crippen LogP contribution in [0.4, 0.5) is 0 Å². The molecule has 0 aromatic heterocycles. The van der Waals surface area contributed by atoms with Crippen LogP contribution in [0.25, 0.3) is 0 Å². The van der Waals surface area contributed by atoms with Crippen molar-refractivity contribution in [2.75, 3.05) is 6.61 Å². The number of rotatable bonds is 7. The molecule has 0 bridgehead atoms. The molecule has 1 heteroatoms. The van der Waals surface area contributed by atoms with Crippen LogP contribution in [0.15, 0.2) is 54.6 Å². The Morgan fingerprint density at radius 2 is 1.81 bits per heavy atom. The predicted molar refractivity (Wildman–Crippen MR) is 69.3 cm³/mol. The molecule has 1 rings (SSSR count). The number of benzene rings is 1. The molecule has 0 fully saturated rings. The fraction of sp³-hybridized carbons (Fsp3) is 0.333. The molecular formula is C15H20O. The van der Waals surface area contributed by atoms with Crippen LogP contribution in [0.3, 0.4) is 0 Å². The second-order valence-electron chi connectivity index (χ2n) is 3.65. The van der Waals surface area contributed by atoms with Crippen molar-refractivity contribution in [3.63, 3.8) is 0 Å². The fourth-order valence-corrected chi connectivity index (χ4v) is 1.29. The quantitative estimate of drug-likeness (QED) is 0.492. The maximum atomic E-state index is 5.51. The Bertz CT molecular complexity index is 311. The second-order valence-corrected chi connectivity index (χ2v) is 3.65. The normalized spacial score (nSPS) is 11.6. The van der Waals surface area contributed by atoms with E-state index in [1.54, 1.807) is 0 Å². The Hall–Kier alpha value is -1.34. The SMILES string of the molecule is CCC/C=C/C=C/COCc1ccccc1. The summed E-state index contributed by atoms with van der Waals surface area (Å²) in [5.41, 5.74) is 1.22. The largest absolute Gasteiger partial charge is 0.373 e. The topological polar surface area (TPSA) is 9.23 Å². The molecule has 0 amide bonds. The number of allylic oxidation sites excluding steroid dienone is 3. The minimum absolute atomic E-state index is 0.672. The first-order valence-electron chi connectivity index (χ1n) is 5.87. The molecule has 0 saturated carbocycles. The van der Waals surface area contributed by atoms with Gasteiger partial charge in [0.15, 0.2) is 0 Å². The molecule has 1 aromatic carbocycles. The zero-order valence-corrected chi connectivity index (χ0v) is 9.93. The van der Waals surface area contributed by atoms with Gasteiger partial charge < -0.3 is 4.74 Å². The first kappa shape index (κ1) is 12.7. The molecular weight excluding hydrogens is 196 g/mol.